The molecule has 1 unspecified atom stereocenters. The van der Waals surface area contributed by atoms with E-state index in [1.54, 1.807) is 16.9 Å². The lowest BCUT2D eigenvalue weighted by Gasteiger charge is -2.17. The summed E-state index contributed by atoms with van der Waals surface area (Å²) in [5.41, 5.74) is 0.677. The van der Waals surface area contributed by atoms with Crippen molar-refractivity contribution in [3.63, 3.8) is 0 Å². The van der Waals surface area contributed by atoms with Gasteiger partial charge in [0.2, 0.25) is 0 Å². The van der Waals surface area contributed by atoms with Crippen LogP contribution in [0, 0.1) is 5.92 Å². The van der Waals surface area contributed by atoms with Gasteiger partial charge >= 0.3 is 0 Å². The molecule has 0 spiro atoms. The van der Waals surface area contributed by atoms with Crippen LogP contribution in [0.25, 0.3) is 5.65 Å². The fourth-order valence-electron chi connectivity index (χ4n) is 2.07. The molecule has 0 radical (unpaired) electrons. The summed E-state index contributed by atoms with van der Waals surface area (Å²) in [7, 11) is 0. The third-order valence-electron chi connectivity index (χ3n) is 3.27. The van der Waals surface area contributed by atoms with Crippen molar-refractivity contribution < 1.29 is 0 Å². The van der Waals surface area contributed by atoms with Crippen molar-refractivity contribution in [2.75, 3.05) is 5.32 Å². The second kappa shape index (κ2) is 4.27. The average molecular weight is 232 g/mol. The van der Waals surface area contributed by atoms with Gasteiger partial charge in [-0.3, -0.25) is 4.98 Å². The summed E-state index contributed by atoms with van der Waals surface area (Å²) in [6, 6.07) is 0.485. The van der Waals surface area contributed by atoms with E-state index in [9.17, 15) is 0 Å². The second-order valence-corrected chi connectivity index (χ2v) is 4.67. The highest BCUT2D eigenvalue weighted by Gasteiger charge is 2.25. The maximum absolute atomic E-state index is 4.14. The van der Waals surface area contributed by atoms with Crippen molar-refractivity contribution in [3.05, 3.63) is 12.4 Å². The first-order valence-corrected chi connectivity index (χ1v) is 6.15. The van der Waals surface area contributed by atoms with Crippen LogP contribution in [0.4, 0.5) is 5.82 Å². The highest BCUT2D eigenvalue weighted by Crippen LogP contribution is 2.34. The molecule has 0 aliphatic heterocycles. The summed E-state index contributed by atoms with van der Waals surface area (Å²) in [4.78, 5) is 4.14. The molecule has 2 aromatic rings. The number of aromatic nitrogens is 5. The Morgan fingerprint density at radius 3 is 3.12 bits per heavy atom. The Kier molecular flexibility index (Phi) is 2.62. The van der Waals surface area contributed by atoms with Crippen molar-refractivity contribution >= 4 is 11.5 Å². The zero-order valence-electron chi connectivity index (χ0n) is 9.87. The summed E-state index contributed by atoms with van der Waals surface area (Å²) in [6.07, 6.45) is 8.53. The Labute approximate surface area is 99.4 Å². The zero-order chi connectivity index (χ0) is 11.7. The van der Waals surface area contributed by atoms with Gasteiger partial charge in [-0.1, -0.05) is 19.8 Å². The molecule has 17 heavy (non-hydrogen) atoms. The first-order valence-electron chi connectivity index (χ1n) is 6.15. The normalized spacial score (nSPS) is 17.2. The Hall–Kier alpha value is -1.72. The maximum Gasteiger partial charge on any atom is 0.199 e. The van der Waals surface area contributed by atoms with E-state index in [0.717, 1.165) is 18.2 Å². The molecule has 2 aromatic heterocycles. The van der Waals surface area contributed by atoms with Gasteiger partial charge in [-0.15, -0.1) is 5.10 Å². The standard InChI is InChI=1S/C11H16N6/c1-2-9(5-8-3-4-8)13-10-6-12-7-11-14-15-16-17(10)11/h6-9,13H,2-5H2,1H3. The Morgan fingerprint density at radius 1 is 1.47 bits per heavy atom. The van der Waals surface area contributed by atoms with Crippen LogP contribution in [0.5, 0.6) is 0 Å². The van der Waals surface area contributed by atoms with E-state index in [0.29, 0.717) is 11.7 Å². The molecule has 3 rings (SSSR count). The minimum absolute atomic E-state index is 0.485. The van der Waals surface area contributed by atoms with E-state index in [2.05, 4.69) is 32.7 Å². The summed E-state index contributed by atoms with van der Waals surface area (Å²) in [6.45, 7) is 2.20. The van der Waals surface area contributed by atoms with Gasteiger partial charge < -0.3 is 5.32 Å². The van der Waals surface area contributed by atoms with E-state index in [1.165, 1.54) is 19.3 Å². The monoisotopic (exact) mass is 232 g/mol. The molecular weight excluding hydrogens is 216 g/mol. The quantitative estimate of drug-likeness (QED) is 0.846. The molecule has 1 atom stereocenters. The van der Waals surface area contributed by atoms with Gasteiger partial charge in [-0.25, -0.2) is 0 Å². The number of hydrogen-bond acceptors (Lipinski definition) is 5. The van der Waals surface area contributed by atoms with Crippen LogP contribution in [-0.2, 0) is 0 Å². The molecule has 1 aliphatic carbocycles. The molecular formula is C11H16N6. The third kappa shape index (κ3) is 2.20. The summed E-state index contributed by atoms with van der Waals surface area (Å²) in [5, 5.41) is 15.0. The molecule has 6 heteroatoms. The van der Waals surface area contributed by atoms with Crippen LogP contribution in [0.1, 0.15) is 32.6 Å². The summed E-state index contributed by atoms with van der Waals surface area (Å²) >= 11 is 0. The van der Waals surface area contributed by atoms with E-state index in [1.807, 2.05) is 0 Å². The summed E-state index contributed by atoms with van der Waals surface area (Å²) in [5.74, 6) is 1.79. The highest BCUT2D eigenvalue weighted by atomic mass is 15.5. The molecule has 1 aliphatic rings. The van der Waals surface area contributed by atoms with E-state index in [-0.39, 0.29) is 0 Å². The number of hydrogen-bond donors (Lipinski definition) is 1. The SMILES string of the molecule is CCC(CC1CC1)Nc1cncc2nnnn12. The Morgan fingerprint density at radius 2 is 2.35 bits per heavy atom. The van der Waals surface area contributed by atoms with Gasteiger partial charge in [0.05, 0.1) is 12.4 Å². The third-order valence-corrected chi connectivity index (χ3v) is 3.27. The van der Waals surface area contributed by atoms with Crippen LogP contribution in [0.3, 0.4) is 0 Å². The molecule has 0 amide bonds. The molecule has 2 heterocycles. The number of anilines is 1. The largest absolute Gasteiger partial charge is 0.366 e. The molecule has 1 saturated carbocycles. The number of rotatable bonds is 5. The molecule has 1 fully saturated rings. The smallest absolute Gasteiger partial charge is 0.199 e. The van der Waals surface area contributed by atoms with Crippen molar-refractivity contribution in [3.8, 4) is 0 Å². The van der Waals surface area contributed by atoms with E-state index >= 15 is 0 Å². The molecule has 90 valence electrons. The molecule has 1 N–H and O–H groups in total. The number of nitrogens with zero attached hydrogens (tertiary/aromatic N) is 5. The fourth-order valence-corrected chi connectivity index (χ4v) is 2.07. The van der Waals surface area contributed by atoms with Crippen molar-refractivity contribution in [1.29, 1.82) is 0 Å². The van der Waals surface area contributed by atoms with Crippen LogP contribution in [-0.4, -0.2) is 31.1 Å². The van der Waals surface area contributed by atoms with Gasteiger partial charge in [-0.05, 0) is 29.2 Å². The highest BCUT2D eigenvalue weighted by molar-refractivity contribution is 5.44. The predicted octanol–water partition coefficient (Wildman–Crippen LogP) is 1.51. The van der Waals surface area contributed by atoms with E-state index in [4.69, 9.17) is 0 Å². The molecule has 0 bridgehead atoms. The minimum Gasteiger partial charge on any atom is -0.366 e. The van der Waals surface area contributed by atoms with Gasteiger partial charge in [-0.2, -0.15) is 4.52 Å². The van der Waals surface area contributed by atoms with Crippen molar-refractivity contribution in [1.82, 2.24) is 25.0 Å². The lowest BCUT2D eigenvalue weighted by molar-refractivity contribution is 0.582. The lowest BCUT2D eigenvalue weighted by atomic mass is 10.1. The van der Waals surface area contributed by atoms with Crippen LogP contribution >= 0.6 is 0 Å². The molecule has 0 aromatic carbocycles. The first-order chi connectivity index (χ1) is 8.36. The minimum atomic E-state index is 0.485. The van der Waals surface area contributed by atoms with E-state index < -0.39 is 0 Å². The number of nitrogens with one attached hydrogen (secondary N) is 1. The number of fused-ring (bicyclic) bond motifs is 1. The lowest BCUT2D eigenvalue weighted by Crippen LogP contribution is -2.21. The zero-order valence-corrected chi connectivity index (χ0v) is 9.87. The van der Waals surface area contributed by atoms with Crippen molar-refractivity contribution in [2.45, 2.75) is 38.6 Å². The average Bonchev–Trinajstić information content (AvgIpc) is 3.03. The van der Waals surface area contributed by atoms with Gasteiger partial charge in [0.15, 0.2) is 11.5 Å². The van der Waals surface area contributed by atoms with Crippen LogP contribution in [0.2, 0.25) is 0 Å². The van der Waals surface area contributed by atoms with Crippen molar-refractivity contribution in [2.24, 2.45) is 5.92 Å². The first kappa shape index (κ1) is 10.4. The molecule has 0 saturated heterocycles. The molecule has 6 nitrogen and oxygen atoms in total. The van der Waals surface area contributed by atoms with Gasteiger partial charge in [0.1, 0.15) is 0 Å². The Balaban J connectivity index is 1.79. The fraction of sp³-hybridized carbons (Fsp3) is 0.636. The van der Waals surface area contributed by atoms with Gasteiger partial charge in [0.25, 0.3) is 0 Å². The van der Waals surface area contributed by atoms with Crippen LogP contribution in [0.15, 0.2) is 12.4 Å². The summed E-state index contributed by atoms with van der Waals surface area (Å²) < 4.78 is 1.70. The predicted molar refractivity (Wildman–Crippen MR) is 63.6 cm³/mol. The second-order valence-electron chi connectivity index (χ2n) is 4.67. The van der Waals surface area contributed by atoms with Crippen LogP contribution < -0.4 is 5.32 Å². The number of tetrazole rings is 1. The maximum atomic E-state index is 4.14. The Bertz CT molecular complexity index is 503. The van der Waals surface area contributed by atoms with Gasteiger partial charge in [0, 0.05) is 6.04 Å². The topological polar surface area (TPSA) is 68.0 Å².